The number of aryl methyl sites for hydroxylation is 2. The van der Waals surface area contributed by atoms with E-state index >= 15 is 0 Å². The summed E-state index contributed by atoms with van der Waals surface area (Å²) >= 11 is 0. The summed E-state index contributed by atoms with van der Waals surface area (Å²) in [5.74, 6) is 1.30. The van der Waals surface area contributed by atoms with Crippen molar-refractivity contribution in [1.82, 2.24) is 20.1 Å². The quantitative estimate of drug-likeness (QED) is 0.242. The molecule has 0 fully saturated rings. The van der Waals surface area contributed by atoms with Gasteiger partial charge in [0.15, 0.2) is 11.5 Å². The minimum absolute atomic E-state index is 0.154. The molecule has 0 bridgehead atoms. The number of ether oxygens (including phenoxy) is 2. The average Bonchev–Trinajstić information content (AvgIpc) is 3.47. The molecule has 2 aromatic heterocycles. The van der Waals surface area contributed by atoms with Crippen LogP contribution in [0.25, 0.3) is 11.3 Å². The molecule has 1 aliphatic rings. The van der Waals surface area contributed by atoms with Gasteiger partial charge in [0.25, 0.3) is 5.91 Å². The van der Waals surface area contributed by atoms with Crippen LogP contribution in [0.15, 0.2) is 54.9 Å². The number of aromatic hydroxyl groups is 1. The maximum Gasteiger partial charge on any atom is 0.273 e. The number of H-pyrrole nitrogens is 1. The highest BCUT2D eigenvalue weighted by Crippen LogP contribution is 2.47. The first-order chi connectivity index (χ1) is 18.9. The van der Waals surface area contributed by atoms with Gasteiger partial charge in [-0.1, -0.05) is 31.5 Å². The number of aromatic nitrogens is 3. The predicted molar refractivity (Wildman–Crippen MR) is 149 cm³/mol. The number of phenolic OH excluding ortho intramolecular Hbond substituents is 1. The minimum Gasteiger partial charge on any atom is -0.507 e. The molecule has 1 aliphatic heterocycles. The second kappa shape index (κ2) is 11.2. The van der Waals surface area contributed by atoms with E-state index in [1.165, 1.54) is 0 Å². The van der Waals surface area contributed by atoms with Gasteiger partial charge in [-0.25, -0.2) is 0 Å². The number of carbonyl (C=O) groups is 1. The monoisotopic (exact) mass is 526 g/mol. The summed E-state index contributed by atoms with van der Waals surface area (Å²) in [5.41, 5.74) is 5.82. The molecule has 0 saturated heterocycles. The Bertz CT molecular complexity index is 1480. The molecule has 0 radical (unpaired) electrons. The van der Waals surface area contributed by atoms with Crippen LogP contribution in [0.3, 0.4) is 0 Å². The minimum atomic E-state index is -0.467. The van der Waals surface area contributed by atoms with Gasteiger partial charge in [0.2, 0.25) is 0 Å². The number of unbranched alkanes of at least 4 members (excludes halogenated alkanes) is 1. The first-order valence-corrected chi connectivity index (χ1v) is 13.4. The van der Waals surface area contributed by atoms with Crippen LogP contribution in [0.1, 0.15) is 71.0 Å². The molecule has 2 N–H and O–H groups in total. The zero-order valence-corrected chi connectivity index (χ0v) is 22.8. The van der Waals surface area contributed by atoms with E-state index in [4.69, 9.17) is 9.47 Å². The predicted octanol–water partition coefficient (Wildman–Crippen LogP) is 6.12. The lowest BCUT2D eigenvalue weighted by Gasteiger charge is -2.27. The molecule has 0 aliphatic carbocycles. The van der Waals surface area contributed by atoms with Gasteiger partial charge in [-0.15, -0.1) is 0 Å². The number of rotatable bonds is 10. The van der Waals surface area contributed by atoms with Gasteiger partial charge in [0, 0.05) is 30.1 Å². The lowest BCUT2D eigenvalue weighted by Crippen LogP contribution is -2.29. The summed E-state index contributed by atoms with van der Waals surface area (Å²) in [5, 5.41) is 18.5. The molecular formula is C31H34N4O4. The van der Waals surface area contributed by atoms with Crippen molar-refractivity contribution in [2.24, 2.45) is 0 Å². The van der Waals surface area contributed by atoms with Crippen LogP contribution in [0, 0.1) is 13.8 Å². The number of nitrogens with one attached hydrogen (secondary N) is 1. The summed E-state index contributed by atoms with van der Waals surface area (Å²) in [6.07, 6.45) is 5.46. The molecule has 1 unspecified atom stereocenters. The van der Waals surface area contributed by atoms with E-state index in [1.54, 1.807) is 12.4 Å². The van der Waals surface area contributed by atoms with Gasteiger partial charge in [-0.3, -0.25) is 14.9 Å². The largest absolute Gasteiger partial charge is 0.507 e. The number of nitrogens with zero attached hydrogens (tertiary/aromatic N) is 3. The van der Waals surface area contributed by atoms with E-state index in [0.29, 0.717) is 48.2 Å². The highest BCUT2D eigenvalue weighted by atomic mass is 16.5. The van der Waals surface area contributed by atoms with Crippen LogP contribution < -0.4 is 9.47 Å². The van der Waals surface area contributed by atoms with E-state index in [9.17, 15) is 9.90 Å². The van der Waals surface area contributed by atoms with Crippen molar-refractivity contribution in [3.63, 3.8) is 0 Å². The van der Waals surface area contributed by atoms with Crippen molar-refractivity contribution in [3.05, 3.63) is 88.4 Å². The Kier molecular flexibility index (Phi) is 7.54. The Labute approximate surface area is 228 Å². The highest BCUT2D eigenvalue weighted by molar-refractivity contribution is 6.00. The molecule has 0 saturated carbocycles. The molecule has 0 spiro atoms. The molecule has 202 valence electrons. The maximum absolute atomic E-state index is 13.8. The molecule has 8 nitrogen and oxygen atoms in total. The number of aromatic amines is 1. The van der Waals surface area contributed by atoms with Crippen LogP contribution in [-0.2, 0) is 6.54 Å². The van der Waals surface area contributed by atoms with Crippen LogP contribution in [0.5, 0.6) is 17.2 Å². The molecule has 3 heterocycles. The van der Waals surface area contributed by atoms with E-state index in [2.05, 4.69) is 22.1 Å². The topological polar surface area (TPSA) is 101 Å². The highest BCUT2D eigenvalue weighted by Gasteiger charge is 2.43. The second-order valence-electron chi connectivity index (χ2n) is 9.88. The van der Waals surface area contributed by atoms with Crippen molar-refractivity contribution in [3.8, 4) is 28.5 Å². The number of fused-ring (bicyclic) bond motifs is 1. The molecule has 4 aromatic rings. The normalized spacial score (nSPS) is 14.5. The average molecular weight is 527 g/mol. The second-order valence-corrected chi connectivity index (χ2v) is 9.88. The molecule has 8 heteroatoms. The lowest BCUT2D eigenvalue weighted by molar-refractivity contribution is 0.0729. The molecular weight excluding hydrogens is 492 g/mol. The Balaban J connectivity index is 1.65. The van der Waals surface area contributed by atoms with Gasteiger partial charge in [0.05, 0.1) is 19.3 Å². The third-order valence-corrected chi connectivity index (χ3v) is 6.98. The molecule has 1 atom stereocenters. The Morgan fingerprint density at radius 2 is 1.92 bits per heavy atom. The number of hydrogen-bond acceptors (Lipinski definition) is 6. The molecule has 39 heavy (non-hydrogen) atoms. The number of hydrogen-bond donors (Lipinski definition) is 2. The first kappa shape index (κ1) is 26.3. The molecule has 5 rings (SSSR count). The SMILES string of the molecule is CCCCOc1ccc(C2c3c(-c4cc(C)cc(C)c4O)n[nH]c3C(=O)N2Cc2cccnc2)cc1OCC. The fraction of sp³-hybridized carbons (Fsp3) is 0.323. The van der Waals surface area contributed by atoms with Crippen LogP contribution >= 0.6 is 0 Å². The number of carbonyl (C=O) groups excluding carboxylic acids is 1. The maximum atomic E-state index is 13.8. The summed E-state index contributed by atoms with van der Waals surface area (Å²) in [7, 11) is 0. The Morgan fingerprint density at radius 1 is 1.08 bits per heavy atom. The van der Waals surface area contributed by atoms with E-state index < -0.39 is 6.04 Å². The fourth-order valence-corrected chi connectivity index (χ4v) is 5.15. The van der Waals surface area contributed by atoms with E-state index in [-0.39, 0.29) is 11.7 Å². The number of phenols is 1. The summed E-state index contributed by atoms with van der Waals surface area (Å²) in [4.78, 5) is 19.9. The van der Waals surface area contributed by atoms with Gasteiger partial charge in [0.1, 0.15) is 17.1 Å². The molecule has 2 aromatic carbocycles. The first-order valence-electron chi connectivity index (χ1n) is 13.4. The number of pyridine rings is 1. The summed E-state index contributed by atoms with van der Waals surface area (Å²) in [6.45, 7) is 9.34. The standard InChI is InChI=1S/C31H34N4O4/c1-5-7-13-39-24-11-10-22(16-25(24)38-6-2)29-26-27(23-15-19(3)14-20(4)30(23)36)33-34-28(26)31(37)35(29)18-21-9-8-12-32-17-21/h8-12,14-17,29,36H,5-7,13,18H2,1-4H3,(H,33,34). The molecule has 1 amide bonds. The van der Waals surface area contributed by atoms with Crippen molar-refractivity contribution in [1.29, 1.82) is 0 Å². The van der Waals surface area contributed by atoms with Gasteiger partial charge in [-0.05, 0) is 73.7 Å². The number of amides is 1. The lowest BCUT2D eigenvalue weighted by atomic mass is 9.93. The smallest absolute Gasteiger partial charge is 0.273 e. The third kappa shape index (κ3) is 5.06. The fourth-order valence-electron chi connectivity index (χ4n) is 5.15. The van der Waals surface area contributed by atoms with Crippen LogP contribution in [0.2, 0.25) is 0 Å². The van der Waals surface area contributed by atoms with Crippen LogP contribution in [-0.4, -0.2) is 44.3 Å². The zero-order valence-electron chi connectivity index (χ0n) is 22.8. The number of benzene rings is 2. The van der Waals surface area contributed by atoms with E-state index in [0.717, 1.165) is 40.7 Å². The van der Waals surface area contributed by atoms with Gasteiger partial charge < -0.3 is 19.5 Å². The Morgan fingerprint density at radius 3 is 2.67 bits per heavy atom. The summed E-state index contributed by atoms with van der Waals surface area (Å²) < 4.78 is 12.0. The van der Waals surface area contributed by atoms with Crippen molar-refractivity contribution < 1.29 is 19.4 Å². The van der Waals surface area contributed by atoms with Gasteiger partial charge >= 0.3 is 0 Å². The van der Waals surface area contributed by atoms with Crippen molar-refractivity contribution in [2.45, 2.75) is 53.1 Å². The third-order valence-electron chi connectivity index (χ3n) is 6.98. The van der Waals surface area contributed by atoms with Crippen molar-refractivity contribution in [2.75, 3.05) is 13.2 Å². The van der Waals surface area contributed by atoms with E-state index in [1.807, 2.05) is 68.1 Å². The van der Waals surface area contributed by atoms with Crippen LogP contribution in [0.4, 0.5) is 0 Å². The van der Waals surface area contributed by atoms with Gasteiger partial charge in [-0.2, -0.15) is 5.10 Å². The zero-order chi connectivity index (χ0) is 27.5. The summed E-state index contributed by atoms with van der Waals surface area (Å²) in [6, 6.07) is 13.0. The Hall–Kier alpha value is -4.33. The van der Waals surface area contributed by atoms with Crippen molar-refractivity contribution >= 4 is 5.91 Å².